The first-order valence-electron chi connectivity index (χ1n) is 5.13. The summed E-state index contributed by atoms with van der Waals surface area (Å²) in [4.78, 5) is 10.5. The number of rotatable bonds is 5. The first kappa shape index (κ1) is 12.1. The molecule has 0 fully saturated rings. The monoisotopic (exact) mass is 214 g/mol. The van der Waals surface area contributed by atoms with Crippen molar-refractivity contribution in [2.75, 3.05) is 7.05 Å². The standard InChI is InChI=1S/C14H16NO/c1-3-13(12-16)9-10-15(2)11-14-7-5-4-6-8-14/h3-10,12H,1,11H2,2H3/q+1/b13-9+,15-10?. The molecule has 0 saturated heterocycles. The van der Waals surface area contributed by atoms with Crippen LogP contribution in [0.2, 0.25) is 0 Å². The highest BCUT2D eigenvalue weighted by molar-refractivity contribution is 5.84. The zero-order valence-electron chi connectivity index (χ0n) is 9.47. The Labute approximate surface area is 96.2 Å². The van der Waals surface area contributed by atoms with E-state index in [-0.39, 0.29) is 0 Å². The topological polar surface area (TPSA) is 20.1 Å². The van der Waals surface area contributed by atoms with Gasteiger partial charge in [-0.25, -0.2) is 4.58 Å². The molecule has 1 aromatic carbocycles. The zero-order valence-corrected chi connectivity index (χ0v) is 9.47. The fourth-order valence-electron chi connectivity index (χ4n) is 1.29. The molecule has 2 nitrogen and oxygen atoms in total. The van der Waals surface area contributed by atoms with Gasteiger partial charge in [0.15, 0.2) is 12.8 Å². The highest BCUT2D eigenvalue weighted by Crippen LogP contribution is 1.99. The van der Waals surface area contributed by atoms with E-state index in [0.717, 1.165) is 12.8 Å². The van der Waals surface area contributed by atoms with Crippen LogP contribution in [0.1, 0.15) is 5.56 Å². The molecule has 0 aliphatic heterocycles. The molecule has 0 amide bonds. The van der Waals surface area contributed by atoms with Crippen LogP contribution in [0.15, 0.2) is 54.6 Å². The fraction of sp³-hybridized carbons (Fsp3) is 0.143. The summed E-state index contributed by atoms with van der Waals surface area (Å²) in [6.07, 6.45) is 5.96. The van der Waals surface area contributed by atoms with Crippen LogP contribution in [0.4, 0.5) is 0 Å². The number of carbonyl (C=O) groups excluding carboxylic acids is 1. The van der Waals surface area contributed by atoms with Crippen LogP contribution in [0, 0.1) is 0 Å². The van der Waals surface area contributed by atoms with Crippen molar-refractivity contribution >= 4 is 12.5 Å². The van der Waals surface area contributed by atoms with E-state index < -0.39 is 0 Å². The predicted molar refractivity (Wildman–Crippen MR) is 66.7 cm³/mol. The Balaban J connectivity index is 2.69. The van der Waals surface area contributed by atoms with Crippen LogP contribution >= 0.6 is 0 Å². The maximum atomic E-state index is 10.5. The van der Waals surface area contributed by atoms with E-state index in [9.17, 15) is 4.79 Å². The quantitative estimate of drug-likeness (QED) is 0.242. The lowest BCUT2D eigenvalue weighted by Gasteiger charge is -1.96. The molecule has 0 saturated carbocycles. The molecule has 0 heterocycles. The summed E-state index contributed by atoms with van der Waals surface area (Å²) in [5.41, 5.74) is 1.82. The maximum absolute atomic E-state index is 10.5. The highest BCUT2D eigenvalue weighted by Gasteiger charge is 1.97. The van der Waals surface area contributed by atoms with Crippen molar-refractivity contribution in [1.29, 1.82) is 0 Å². The van der Waals surface area contributed by atoms with Gasteiger partial charge in [0, 0.05) is 17.2 Å². The third-order valence-electron chi connectivity index (χ3n) is 2.17. The van der Waals surface area contributed by atoms with E-state index in [4.69, 9.17) is 0 Å². The molecule has 0 unspecified atom stereocenters. The van der Waals surface area contributed by atoms with Crippen LogP contribution in [0.5, 0.6) is 0 Å². The SMILES string of the molecule is C=C/C(C=O)=C\C=[N+](C)Cc1ccccc1. The maximum Gasteiger partial charge on any atom is 0.167 e. The molecule has 0 spiro atoms. The minimum absolute atomic E-state index is 0.583. The molecule has 0 bridgehead atoms. The number of nitrogens with zero attached hydrogens (tertiary/aromatic N) is 1. The lowest BCUT2D eigenvalue weighted by molar-refractivity contribution is -0.508. The molecule has 0 radical (unpaired) electrons. The van der Waals surface area contributed by atoms with Gasteiger partial charge in [0.25, 0.3) is 0 Å². The summed E-state index contributed by atoms with van der Waals surface area (Å²) in [5.74, 6) is 0. The number of hydrogen-bond donors (Lipinski definition) is 0. The molecular weight excluding hydrogens is 198 g/mol. The number of aldehydes is 1. The Morgan fingerprint density at radius 2 is 2.06 bits per heavy atom. The van der Waals surface area contributed by atoms with Gasteiger partial charge >= 0.3 is 0 Å². The first-order chi connectivity index (χ1) is 7.76. The van der Waals surface area contributed by atoms with Gasteiger partial charge in [-0.2, -0.15) is 0 Å². The molecular formula is C14H16NO+. The van der Waals surface area contributed by atoms with Crippen molar-refractivity contribution in [3.05, 3.63) is 60.2 Å². The van der Waals surface area contributed by atoms with Gasteiger partial charge in [-0.1, -0.05) is 43.0 Å². The van der Waals surface area contributed by atoms with E-state index in [2.05, 4.69) is 18.7 Å². The number of hydrogen-bond acceptors (Lipinski definition) is 1. The average Bonchev–Trinajstić information content (AvgIpc) is 2.31. The minimum atomic E-state index is 0.583. The third-order valence-corrected chi connectivity index (χ3v) is 2.17. The third kappa shape index (κ3) is 4.05. The van der Waals surface area contributed by atoms with Crippen molar-refractivity contribution in [2.24, 2.45) is 0 Å². The zero-order chi connectivity index (χ0) is 11.8. The van der Waals surface area contributed by atoms with Gasteiger partial charge < -0.3 is 0 Å². The van der Waals surface area contributed by atoms with Crippen LogP contribution in [0.3, 0.4) is 0 Å². The molecule has 1 aromatic rings. The van der Waals surface area contributed by atoms with E-state index in [1.807, 2.05) is 36.0 Å². The number of allylic oxidation sites excluding steroid dienone is 3. The van der Waals surface area contributed by atoms with E-state index >= 15 is 0 Å². The van der Waals surface area contributed by atoms with Gasteiger partial charge in [-0.05, 0) is 0 Å². The lowest BCUT2D eigenvalue weighted by atomic mass is 10.2. The van der Waals surface area contributed by atoms with E-state index in [1.165, 1.54) is 5.56 Å². The van der Waals surface area contributed by atoms with E-state index in [0.29, 0.717) is 5.57 Å². The van der Waals surface area contributed by atoms with Crippen molar-refractivity contribution in [1.82, 2.24) is 0 Å². The molecule has 1 rings (SSSR count). The summed E-state index contributed by atoms with van der Waals surface area (Å²) in [6, 6.07) is 10.2. The van der Waals surface area contributed by atoms with Crippen LogP contribution in [-0.4, -0.2) is 24.1 Å². The van der Waals surface area contributed by atoms with Gasteiger partial charge in [0.2, 0.25) is 0 Å². The molecule has 0 atom stereocenters. The van der Waals surface area contributed by atoms with Gasteiger partial charge in [0.05, 0.1) is 0 Å². The largest absolute Gasteiger partial charge is 0.298 e. The minimum Gasteiger partial charge on any atom is -0.298 e. The lowest BCUT2D eigenvalue weighted by Crippen LogP contribution is -2.05. The number of carbonyl (C=O) groups is 1. The number of benzene rings is 1. The van der Waals surface area contributed by atoms with Gasteiger partial charge in [0.1, 0.15) is 13.3 Å². The smallest absolute Gasteiger partial charge is 0.167 e. The second-order valence-electron chi connectivity index (χ2n) is 3.54. The molecule has 0 N–H and O–H groups in total. The highest BCUT2D eigenvalue weighted by atomic mass is 16.1. The Morgan fingerprint density at radius 3 is 2.62 bits per heavy atom. The normalized spacial score (nSPS) is 12.3. The molecule has 0 aliphatic rings. The summed E-state index contributed by atoms with van der Waals surface area (Å²) in [5, 5.41) is 0. The predicted octanol–water partition coefficient (Wildman–Crippen LogP) is 2.21. The van der Waals surface area contributed by atoms with Crippen molar-refractivity contribution < 1.29 is 9.37 Å². The Hall–Kier alpha value is -1.96. The second-order valence-corrected chi connectivity index (χ2v) is 3.54. The van der Waals surface area contributed by atoms with Gasteiger partial charge in [-0.3, -0.25) is 4.79 Å². The van der Waals surface area contributed by atoms with E-state index in [1.54, 1.807) is 12.2 Å². The average molecular weight is 214 g/mol. The molecule has 16 heavy (non-hydrogen) atoms. The molecule has 82 valence electrons. The summed E-state index contributed by atoms with van der Waals surface area (Å²) in [6.45, 7) is 4.38. The molecule has 2 heteroatoms. The Morgan fingerprint density at radius 1 is 1.38 bits per heavy atom. The van der Waals surface area contributed by atoms with Crippen LogP contribution < -0.4 is 0 Å². The summed E-state index contributed by atoms with van der Waals surface area (Å²) in [7, 11) is 1.97. The second kappa shape index (κ2) is 6.51. The molecule has 0 aliphatic carbocycles. The molecule has 0 aromatic heterocycles. The van der Waals surface area contributed by atoms with Crippen LogP contribution in [-0.2, 0) is 11.3 Å². The first-order valence-corrected chi connectivity index (χ1v) is 5.13. The van der Waals surface area contributed by atoms with Crippen molar-refractivity contribution in [3.8, 4) is 0 Å². The summed E-state index contributed by atoms with van der Waals surface area (Å²) >= 11 is 0. The Kier molecular flexibility index (Phi) is 4.93. The van der Waals surface area contributed by atoms with Crippen molar-refractivity contribution in [2.45, 2.75) is 6.54 Å². The van der Waals surface area contributed by atoms with Gasteiger partial charge in [-0.15, -0.1) is 0 Å². The fourth-order valence-corrected chi connectivity index (χ4v) is 1.29. The van der Waals surface area contributed by atoms with Crippen LogP contribution in [0.25, 0.3) is 0 Å². The summed E-state index contributed by atoms with van der Waals surface area (Å²) < 4.78 is 2.02. The van der Waals surface area contributed by atoms with Crippen molar-refractivity contribution in [3.63, 3.8) is 0 Å². The Bertz CT molecular complexity index is 406.